The van der Waals surface area contributed by atoms with E-state index in [0.29, 0.717) is 39.2 Å². The summed E-state index contributed by atoms with van der Waals surface area (Å²) >= 11 is 5.95. The van der Waals surface area contributed by atoms with Gasteiger partial charge < -0.3 is 24.8 Å². The zero-order valence-electron chi connectivity index (χ0n) is 16.6. The molecule has 2 N–H and O–H groups in total. The number of halogens is 1. The fourth-order valence-corrected chi connectivity index (χ4v) is 3.18. The van der Waals surface area contributed by atoms with Gasteiger partial charge in [0.05, 0.1) is 11.3 Å². The molecule has 1 heterocycles. The molecule has 7 nitrogen and oxygen atoms in total. The highest BCUT2D eigenvalue weighted by atomic mass is 35.5. The number of fused-ring (bicyclic) bond motifs is 1. The smallest absolute Gasteiger partial charge is 0.265 e. The molecule has 0 saturated heterocycles. The summed E-state index contributed by atoms with van der Waals surface area (Å²) in [6, 6.07) is 18.6. The molecular weight excluding hydrogens is 420 g/mol. The van der Waals surface area contributed by atoms with Crippen molar-refractivity contribution in [2.24, 2.45) is 0 Å². The summed E-state index contributed by atoms with van der Waals surface area (Å²) in [5, 5.41) is 6.07. The fraction of sp³-hybridized carbons (Fsp3) is 0.130. The number of ether oxygens (including phenoxy) is 3. The third-order valence-corrected chi connectivity index (χ3v) is 4.77. The van der Waals surface area contributed by atoms with Gasteiger partial charge in [-0.15, -0.1) is 0 Å². The van der Waals surface area contributed by atoms with Crippen LogP contribution in [0, 0.1) is 0 Å². The molecule has 4 rings (SSSR count). The molecule has 1 unspecified atom stereocenters. The minimum Gasteiger partial charge on any atom is -0.481 e. The molecule has 8 heteroatoms. The third kappa shape index (κ3) is 4.90. The minimum absolute atomic E-state index is 0.150. The van der Waals surface area contributed by atoms with Crippen LogP contribution in [-0.2, 0) is 4.79 Å². The number of benzene rings is 3. The van der Waals surface area contributed by atoms with Gasteiger partial charge in [0.1, 0.15) is 5.75 Å². The van der Waals surface area contributed by atoms with Crippen LogP contribution in [0.25, 0.3) is 0 Å². The SMILES string of the molecule is CC(Oc1cccc(Cl)c1)C(=O)Nc1ccccc1C(=O)Nc1ccc2c(c1)OCO2. The summed E-state index contributed by atoms with van der Waals surface area (Å²) in [6.07, 6.45) is -0.802. The van der Waals surface area contributed by atoms with Crippen molar-refractivity contribution in [1.29, 1.82) is 0 Å². The molecule has 31 heavy (non-hydrogen) atoms. The van der Waals surface area contributed by atoms with E-state index in [4.69, 9.17) is 25.8 Å². The Morgan fingerprint density at radius 2 is 1.77 bits per heavy atom. The lowest BCUT2D eigenvalue weighted by atomic mass is 10.1. The van der Waals surface area contributed by atoms with Gasteiger partial charge in [0.15, 0.2) is 17.6 Å². The Labute approximate surface area is 183 Å². The van der Waals surface area contributed by atoms with Crippen LogP contribution in [-0.4, -0.2) is 24.7 Å². The number of amides is 2. The zero-order chi connectivity index (χ0) is 21.8. The number of anilines is 2. The normalized spacial score (nSPS) is 12.7. The molecule has 0 spiro atoms. The molecule has 3 aromatic rings. The standard InChI is InChI=1S/C23H19ClN2O5/c1-14(31-17-6-4-5-15(24)11-17)22(27)26-19-8-3-2-7-18(19)23(28)25-16-9-10-20-21(12-16)30-13-29-20/h2-12,14H,13H2,1H3,(H,25,28)(H,26,27). The summed E-state index contributed by atoms with van der Waals surface area (Å²) < 4.78 is 16.3. The molecule has 0 radical (unpaired) electrons. The van der Waals surface area contributed by atoms with Gasteiger partial charge in [0.2, 0.25) is 6.79 Å². The number of nitrogens with one attached hydrogen (secondary N) is 2. The summed E-state index contributed by atoms with van der Waals surface area (Å²) in [4.78, 5) is 25.5. The van der Waals surface area contributed by atoms with E-state index in [0.717, 1.165) is 0 Å². The van der Waals surface area contributed by atoms with Crippen LogP contribution in [0.2, 0.25) is 5.02 Å². The van der Waals surface area contributed by atoms with Gasteiger partial charge in [-0.25, -0.2) is 0 Å². The van der Waals surface area contributed by atoms with Gasteiger partial charge in [0, 0.05) is 16.8 Å². The van der Waals surface area contributed by atoms with Crippen LogP contribution in [0.4, 0.5) is 11.4 Å². The first kappa shape index (κ1) is 20.6. The van der Waals surface area contributed by atoms with E-state index >= 15 is 0 Å². The summed E-state index contributed by atoms with van der Waals surface area (Å²) in [6.45, 7) is 1.77. The van der Waals surface area contributed by atoms with Crippen LogP contribution >= 0.6 is 11.6 Å². The Hall–Kier alpha value is -3.71. The van der Waals surface area contributed by atoms with Crippen molar-refractivity contribution < 1.29 is 23.8 Å². The van der Waals surface area contributed by atoms with Gasteiger partial charge >= 0.3 is 0 Å². The van der Waals surface area contributed by atoms with Crippen molar-refractivity contribution in [3.63, 3.8) is 0 Å². The molecule has 0 bridgehead atoms. The van der Waals surface area contributed by atoms with E-state index in [1.54, 1.807) is 73.7 Å². The van der Waals surface area contributed by atoms with Gasteiger partial charge in [-0.2, -0.15) is 0 Å². The third-order valence-electron chi connectivity index (χ3n) is 4.54. The molecule has 1 atom stereocenters. The number of hydrogen-bond donors (Lipinski definition) is 2. The van der Waals surface area contributed by atoms with Crippen LogP contribution in [0.15, 0.2) is 66.7 Å². The maximum absolute atomic E-state index is 12.8. The first-order valence-corrected chi connectivity index (χ1v) is 9.90. The monoisotopic (exact) mass is 438 g/mol. The maximum Gasteiger partial charge on any atom is 0.265 e. The number of para-hydroxylation sites is 1. The van der Waals surface area contributed by atoms with E-state index in [9.17, 15) is 9.59 Å². The van der Waals surface area contributed by atoms with E-state index in [2.05, 4.69) is 10.6 Å². The van der Waals surface area contributed by atoms with Crippen molar-refractivity contribution in [2.45, 2.75) is 13.0 Å². The number of hydrogen-bond acceptors (Lipinski definition) is 5. The first-order chi connectivity index (χ1) is 15.0. The van der Waals surface area contributed by atoms with E-state index < -0.39 is 12.0 Å². The van der Waals surface area contributed by atoms with Crippen molar-refractivity contribution in [3.8, 4) is 17.2 Å². The highest BCUT2D eigenvalue weighted by molar-refractivity contribution is 6.30. The molecular formula is C23H19ClN2O5. The molecule has 1 aliphatic rings. The van der Waals surface area contributed by atoms with Crippen molar-refractivity contribution >= 4 is 34.8 Å². The topological polar surface area (TPSA) is 85.9 Å². The molecule has 158 valence electrons. The second kappa shape index (κ2) is 8.97. The van der Waals surface area contributed by atoms with Gasteiger partial charge in [-0.1, -0.05) is 29.8 Å². The molecule has 0 fully saturated rings. The van der Waals surface area contributed by atoms with Gasteiger partial charge in [-0.3, -0.25) is 9.59 Å². The Bertz CT molecular complexity index is 1130. The number of rotatable bonds is 6. The van der Waals surface area contributed by atoms with E-state index in [1.165, 1.54) is 0 Å². The largest absolute Gasteiger partial charge is 0.481 e. The highest BCUT2D eigenvalue weighted by Gasteiger charge is 2.20. The Kier molecular flexibility index (Phi) is 5.95. The minimum atomic E-state index is -0.802. The van der Waals surface area contributed by atoms with Gasteiger partial charge in [-0.05, 0) is 49.4 Å². The summed E-state index contributed by atoms with van der Waals surface area (Å²) in [5.41, 5.74) is 1.23. The second-order valence-electron chi connectivity index (χ2n) is 6.77. The number of carbonyl (C=O) groups excluding carboxylic acids is 2. The Morgan fingerprint density at radius 3 is 2.61 bits per heavy atom. The van der Waals surface area contributed by atoms with Crippen molar-refractivity contribution in [2.75, 3.05) is 17.4 Å². The van der Waals surface area contributed by atoms with Crippen LogP contribution in [0.3, 0.4) is 0 Å². The van der Waals surface area contributed by atoms with E-state index in [1.807, 2.05) is 0 Å². The predicted molar refractivity (Wildman–Crippen MR) is 117 cm³/mol. The van der Waals surface area contributed by atoms with Crippen LogP contribution in [0.5, 0.6) is 17.2 Å². The Balaban J connectivity index is 1.45. The zero-order valence-corrected chi connectivity index (χ0v) is 17.3. The lowest BCUT2D eigenvalue weighted by Gasteiger charge is -2.16. The molecule has 3 aromatic carbocycles. The summed E-state index contributed by atoms with van der Waals surface area (Å²) in [5.74, 6) is 0.885. The summed E-state index contributed by atoms with van der Waals surface area (Å²) in [7, 11) is 0. The predicted octanol–water partition coefficient (Wildman–Crippen LogP) is 4.73. The average Bonchev–Trinajstić information content (AvgIpc) is 3.22. The quantitative estimate of drug-likeness (QED) is 0.581. The Morgan fingerprint density at radius 1 is 0.968 bits per heavy atom. The van der Waals surface area contributed by atoms with Gasteiger partial charge in [0.25, 0.3) is 11.8 Å². The fourth-order valence-electron chi connectivity index (χ4n) is 3.00. The molecule has 1 aliphatic heterocycles. The molecule has 0 aromatic heterocycles. The maximum atomic E-state index is 12.8. The first-order valence-electron chi connectivity index (χ1n) is 9.53. The average molecular weight is 439 g/mol. The highest BCUT2D eigenvalue weighted by Crippen LogP contribution is 2.34. The lowest BCUT2D eigenvalue weighted by molar-refractivity contribution is -0.122. The lowest BCUT2D eigenvalue weighted by Crippen LogP contribution is -2.31. The van der Waals surface area contributed by atoms with E-state index in [-0.39, 0.29) is 12.7 Å². The second-order valence-corrected chi connectivity index (χ2v) is 7.21. The molecule has 0 saturated carbocycles. The molecule has 0 aliphatic carbocycles. The van der Waals surface area contributed by atoms with Crippen LogP contribution in [0.1, 0.15) is 17.3 Å². The van der Waals surface area contributed by atoms with Crippen molar-refractivity contribution in [1.82, 2.24) is 0 Å². The van der Waals surface area contributed by atoms with Crippen molar-refractivity contribution in [3.05, 3.63) is 77.3 Å². The number of carbonyl (C=O) groups is 2. The molecule has 2 amide bonds. The van der Waals surface area contributed by atoms with Crippen LogP contribution < -0.4 is 24.8 Å².